The summed E-state index contributed by atoms with van der Waals surface area (Å²) in [5.41, 5.74) is 24.6. The number of rotatable bonds is 35. The maximum atomic E-state index is 11.4. The van der Waals surface area contributed by atoms with Crippen molar-refractivity contribution in [3.05, 3.63) is 67.0 Å². The van der Waals surface area contributed by atoms with Gasteiger partial charge in [0.25, 0.3) is 0 Å². The van der Waals surface area contributed by atoms with Gasteiger partial charge in [0, 0.05) is 75.3 Å². The van der Waals surface area contributed by atoms with Crippen LogP contribution in [0, 0.1) is 46.3 Å². The average Bonchev–Trinajstić information content (AvgIpc) is 1.51. The molecular weight excluding hydrogens is 1250 g/mol. The second-order valence-electron chi connectivity index (χ2n) is 21.0. The van der Waals surface area contributed by atoms with E-state index < -0.39 is 35.5 Å². The molecule has 3 aromatic heterocycles. The van der Waals surface area contributed by atoms with E-state index in [2.05, 4.69) is 91.8 Å². The van der Waals surface area contributed by atoms with E-state index in [1.165, 1.54) is 0 Å². The lowest BCUT2D eigenvalue weighted by Crippen LogP contribution is -2.45. The minimum absolute atomic E-state index is 0.0177. The summed E-state index contributed by atoms with van der Waals surface area (Å²) in [5, 5.41) is 34.8. The van der Waals surface area contributed by atoms with Gasteiger partial charge in [0.1, 0.15) is 83.2 Å². The first-order valence-corrected chi connectivity index (χ1v) is 28.5. The van der Waals surface area contributed by atoms with E-state index in [0.717, 1.165) is 5.69 Å². The van der Waals surface area contributed by atoms with Crippen LogP contribution in [-0.4, -0.2) is 257 Å². The lowest BCUT2D eigenvalue weighted by molar-refractivity contribution is -0.0767. The Morgan fingerprint density at radius 1 is 0.436 bits per heavy atom. The van der Waals surface area contributed by atoms with Crippen LogP contribution in [0.1, 0.15) is 30.9 Å². The highest BCUT2D eigenvalue weighted by Gasteiger charge is 2.41. The summed E-state index contributed by atoms with van der Waals surface area (Å²) in [5.74, 6) is 4.70. The van der Waals surface area contributed by atoms with E-state index in [9.17, 15) is 19.2 Å². The number of terminal acetylenes is 2. The lowest BCUT2D eigenvalue weighted by Gasteiger charge is -2.35. The maximum absolute atomic E-state index is 11.4. The molecular formula is C54H84N18O22. The minimum Gasteiger partial charge on any atom is -0.434 e. The second-order valence-corrected chi connectivity index (χ2v) is 21.0. The van der Waals surface area contributed by atoms with E-state index in [1.807, 2.05) is 20.0 Å². The smallest absolute Gasteiger partial charge is 0.434 e. The Kier molecular flexibility index (Phi) is 42.2. The van der Waals surface area contributed by atoms with Gasteiger partial charge in [-0.05, 0) is 16.6 Å². The van der Waals surface area contributed by atoms with Crippen molar-refractivity contribution in [1.29, 1.82) is 0 Å². The number of methoxy groups -OCH3 is 5. The molecule has 4 aliphatic heterocycles. The topological polar surface area (TPSA) is 473 Å². The zero-order valence-corrected chi connectivity index (χ0v) is 53.9. The predicted molar refractivity (Wildman–Crippen MR) is 320 cm³/mol. The summed E-state index contributed by atoms with van der Waals surface area (Å²) in [6.07, 6.45) is 12.5. The molecule has 0 radical (unpaired) electrons. The normalized spacial score (nSPS) is 15.8. The molecule has 7 rings (SSSR count). The monoisotopic (exact) mass is 1340 g/mol. The third-order valence-corrected chi connectivity index (χ3v) is 12.2. The molecule has 4 saturated heterocycles. The van der Waals surface area contributed by atoms with Crippen LogP contribution in [0.25, 0.3) is 31.3 Å². The Labute approximate surface area is 542 Å². The van der Waals surface area contributed by atoms with Crippen LogP contribution < -0.4 is 0 Å². The van der Waals surface area contributed by atoms with Gasteiger partial charge in [0.15, 0.2) is 0 Å². The Morgan fingerprint density at radius 2 is 0.723 bits per heavy atom. The van der Waals surface area contributed by atoms with E-state index in [0.29, 0.717) is 143 Å². The Balaban J connectivity index is 0.000000414. The highest BCUT2D eigenvalue weighted by atomic mass is 16.8. The molecule has 0 atom stereocenters. The number of carbonyl (C=O) groups excluding carboxylic acids is 4. The quantitative estimate of drug-likeness (QED) is 0.0149. The van der Waals surface area contributed by atoms with Crippen molar-refractivity contribution < 1.29 is 104 Å². The van der Waals surface area contributed by atoms with Crippen LogP contribution in [0.3, 0.4) is 0 Å². The van der Waals surface area contributed by atoms with Crippen LogP contribution in [0.2, 0.25) is 0 Å². The molecule has 7 heterocycles. The van der Waals surface area contributed by atoms with Crippen molar-refractivity contribution in [2.24, 2.45) is 37.0 Å². The summed E-state index contributed by atoms with van der Waals surface area (Å²) in [6, 6.07) is 0. The van der Waals surface area contributed by atoms with Crippen molar-refractivity contribution >= 4 is 24.6 Å². The van der Waals surface area contributed by atoms with Crippen LogP contribution >= 0.6 is 0 Å². The number of ether oxygens (including phenoxy) is 18. The van der Waals surface area contributed by atoms with Gasteiger partial charge in [-0.15, -0.1) is 28.1 Å². The number of hydrogen-bond acceptors (Lipinski definition) is 31. The lowest BCUT2D eigenvalue weighted by atomic mass is 9.89. The molecule has 40 nitrogen and oxygen atoms in total. The van der Waals surface area contributed by atoms with Gasteiger partial charge in [-0.3, -0.25) is 14.0 Å². The number of nitrogens with zero attached hydrogens (tertiary/aromatic N) is 18. The number of hydrogen-bond donors (Lipinski definition) is 0. The average molecular weight is 1340 g/mol. The van der Waals surface area contributed by atoms with Crippen molar-refractivity contribution in [2.75, 3.05) is 187 Å². The molecule has 0 aromatic carbocycles. The third kappa shape index (κ3) is 36.4. The van der Waals surface area contributed by atoms with Gasteiger partial charge in [0.05, 0.1) is 140 Å². The summed E-state index contributed by atoms with van der Waals surface area (Å²) >= 11 is 0. The van der Waals surface area contributed by atoms with E-state index in [-0.39, 0.29) is 70.1 Å². The first kappa shape index (κ1) is 81.2. The van der Waals surface area contributed by atoms with E-state index in [1.54, 1.807) is 62.0 Å². The summed E-state index contributed by atoms with van der Waals surface area (Å²) < 4.78 is 94.1. The molecule has 0 saturated carbocycles. The van der Waals surface area contributed by atoms with E-state index >= 15 is 0 Å². The van der Waals surface area contributed by atoms with Crippen LogP contribution in [0.15, 0.2) is 33.9 Å². The Morgan fingerprint density at radius 3 is 1.04 bits per heavy atom. The molecule has 3 aromatic rings. The standard InChI is InChI=1S/C18H28N6O7.C12H19N3O5.C6H8N6O3.C6H9N3O3.2C6H10O2/c1-26-3-5-28-9-15-7-23(21-19-15)11-18(13-30-17(25)31-14-18)12-24-8-16(20-22-24)10-29-6-4-27-2;1-12(8-19-11(16)20-9-12)7-15-5-10(13-14-15)6-18-4-3-17-2;7-11-9-1-6(2-10-12-8)3-14-5(13)15-4-6;1-6(2-8-9-7)3-11-5(10)12-4-6;2*1-3-4-8-6-5-7-2/h7-8H,3-6,9-14H2,1-2H3;5H,3-4,6-9H2,1-2H3;1-4H2;2-4H2,1H3;2*1H,4-6H2,2H3. The number of cyclic esters (lactones) is 8. The van der Waals surface area contributed by atoms with Crippen LogP contribution in [0.5, 0.6) is 0 Å². The molecule has 0 amide bonds. The largest absolute Gasteiger partial charge is 0.508 e. The number of aromatic nitrogens is 9. The van der Waals surface area contributed by atoms with E-state index in [4.69, 9.17) is 95.8 Å². The van der Waals surface area contributed by atoms with Crippen molar-refractivity contribution in [3.63, 3.8) is 0 Å². The van der Waals surface area contributed by atoms with Gasteiger partial charge in [-0.1, -0.05) is 56.7 Å². The zero-order chi connectivity index (χ0) is 69.0. The molecule has 0 N–H and O–H groups in total. The molecule has 40 heteroatoms. The fraction of sp³-hybridized carbons (Fsp3) is 0.741. The van der Waals surface area contributed by atoms with Crippen LogP contribution in [0.4, 0.5) is 19.2 Å². The Hall–Kier alpha value is -8.85. The molecule has 4 fully saturated rings. The molecule has 0 bridgehead atoms. The van der Waals surface area contributed by atoms with Gasteiger partial charge in [-0.2, -0.15) is 0 Å². The summed E-state index contributed by atoms with van der Waals surface area (Å²) in [6.45, 7) is 14.2. The van der Waals surface area contributed by atoms with Gasteiger partial charge in [-0.25, -0.2) is 19.2 Å². The van der Waals surface area contributed by atoms with Crippen LogP contribution in [-0.2, 0) is 125 Å². The first-order chi connectivity index (χ1) is 45.4. The Bertz CT molecular complexity index is 2730. The first-order valence-electron chi connectivity index (χ1n) is 28.5. The van der Waals surface area contributed by atoms with Crippen molar-refractivity contribution in [2.45, 2.75) is 53.3 Å². The summed E-state index contributed by atoms with van der Waals surface area (Å²) in [7, 11) is 8.10. The fourth-order valence-corrected chi connectivity index (χ4v) is 7.36. The molecule has 0 aliphatic carbocycles. The molecule has 94 heavy (non-hydrogen) atoms. The zero-order valence-electron chi connectivity index (χ0n) is 53.9. The predicted octanol–water partition coefficient (Wildman–Crippen LogP) is 4.46. The molecule has 4 aliphatic rings. The van der Waals surface area contributed by atoms with Gasteiger partial charge in [0.2, 0.25) is 0 Å². The summed E-state index contributed by atoms with van der Waals surface area (Å²) in [4.78, 5) is 51.3. The van der Waals surface area contributed by atoms with Gasteiger partial charge >= 0.3 is 24.6 Å². The second kappa shape index (κ2) is 48.8. The van der Waals surface area contributed by atoms with Crippen molar-refractivity contribution in [1.82, 2.24) is 45.0 Å². The highest BCUT2D eigenvalue weighted by molar-refractivity contribution is 5.61. The maximum Gasteiger partial charge on any atom is 0.508 e. The fourth-order valence-electron chi connectivity index (χ4n) is 7.36. The minimum atomic E-state index is -0.771. The SMILES string of the molecule is C#CCOCCOC.C#CCOCCOC.CC1(CN=[N+]=[N-])COC(=O)OC1.COCCOCc1cn(CC2(C)COC(=O)OC2)nn1.COCCOCc1cn(CC2(Cn3cc(COCCOC)nn3)COC(=O)OC2)nn1.[N-]=[N+]=NCC1(CN=[N+]=[N-])COC(=O)OC1. The molecule has 522 valence electrons. The van der Waals surface area contributed by atoms with Crippen molar-refractivity contribution in [3.8, 4) is 24.7 Å². The highest BCUT2D eigenvalue weighted by Crippen LogP contribution is 2.29. The number of carbonyl (C=O) groups is 4. The van der Waals surface area contributed by atoms with Gasteiger partial charge < -0.3 is 85.3 Å². The molecule has 0 unspecified atom stereocenters. The third-order valence-electron chi connectivity index (χ3n) is 12.2. The molecule has 0 spiro atoms. The number of azide groups is 3.